The predicted octanol–water partition coefficient (Wildman–Crippen LogP) is 2.19. The number of alkyl halides is 1. The number of carboxylic acids is 1. The average molecular weight is 207 g/mol. The lowest BCUT2D eigenvalue weighted by atomic mass is 10.1. The predicted molar refractivity (Wildman–Crippen MR) is 44.4 cm³/mol. The molecule has 0 atom stereocenters. The molecule has 0 fully saturated rings. The number of carboxylic acid groups (broad SMARTS) is 1. The molecule has 0 unspecified atom stereocenters. The van der Waals surface area contributed by atoms with Crippen molar-refractivity contribution in [2.45, 2.75) is 19.8 Å². The van der Waals surface area contributed by atoms with Crippen LogP contribution in [0.25, 0.3) is 0 Å². The molecule has 3 heteroatoms. The number of hydrogen-bond donors (Lipinski definition) is 1. The van der Waals surface area contributed by atoms with Crippen molar-refractivity contribution in [3.8, 4) is 0 Å². The number of carbonyl (C=O) groups is 1. The molecule has 0 saturated heterocycles. The molecule has 1 N–H and O–H groups in total. The maximum Gasteiger partial charge on any atom is 0.303 e. The van der Waals surface area contributed by atoms with Gasteiger partial charge in [0.2, 0.25) is 0 Å². The van der Waals surface area contributed by atoms with E-state index in [1.807, 2.05) is 13.0 Å². The Balaban J connectivity index is 3.48. The third-order valence-electron chi connectivity index (χ3n) is 1.16. The Morgan fingerprint density at radius 3 is 2.60 bits per heavy atom. The lowest BCUT2D eigenvalue weighted by Gasteiger charge is -1.94. The van der Waals surface area contributed by atoms with Crippen molar-refractivity contribution in [1.82, 2.24) is 0 Å². The van der Waals surface area contributed by atoms with Crippen molar-refractivity contribution in [1.29, 1.82) is 0 Å². The zero-order chi connectivity index (χ0) is 7.98. The van der Waals surface area contributed by atoms with Gasteiger partial charge in [0.25, 0.3) is 0 Å². The fraction of sp³-hybridized carbons (Fsp3) is 0.571. The van der Waals surface area contributed by atoms with Gasteiger partial charge in [-0.15, -0.1) is 0 Å². The molecule has 0 aromatic heterocycles. The molecule has 0 aliphatic carbocycles. The first-order valence-corrected chi connectivity index (χ1v) is 4.22. The smallest absolute Gasteiger partial charge is 0.303 e. The second-order valence-electron chi connectivity index (χ2n) is 2.10. The van der Waals surface area contributed by atoms with Crippen molar-refractivity contribution in [3.05, 3.63) is 11.6 Å². The molecule has 0 radical (unpaired) electrons. The molecule has 0 rings (SSSR count). The molecular weight excluding hydrogens is 196 g/mol. The van der Waals surface area contributed by atoms with Gasteiger partial charge in [-0.1, -0.05) is 27.6 Å². The van der Waals surface area contributed by atoms with E-state index in [0.29, 0.717) is 6.42 Å². The second-order valence-corrected chi connectivity index (χ2v) is 2.75. The Morgan fingerprint density at radius 1 is 1.60 bits per heavy atom. The summed E-state index contributed by atoms with van der Waals surface area (Å²) in [5.74, 6) is -0.734. The molecule has 0 aliphatic heterocycles. The summed E-state index contributed by atoms with van der Waals surface area (Å²) in [6.07, 6.45) is 2.86. The molecule has 0 heterocycles. The van der Waals surface area contributed by atoms with Gasteiger partial charge in [0.05, 0.1) is 0 Å². The van der Waals surface area contributed by atoms with Crippen LogP contribution < -0.4 is 0 Å². The zero-order valence-electron chi connectivity index (χ0n) is 5.93. The Labute approximate surface area is 69.1 Å². The van der Waals surface area contributed by atoms with E-state index in [9.17, 15) is 4.79 Å². The van der Waals surface area contributed by atoms with Gasteiger partial charge in [0, 0.05) is 11.8 Å². The quantitative estimate of drug-likeness (QED) is 0.566. The Hall–Kier alpha value is -0.310. The molecule has 0 aromatic rings. The van der Waals surface area contributed by atoms with E-state index in [0.717, 1.165) is 10.9 Å². The number of rotatable bonds is 4. The van der Waals surface area contributed by atoms with Crippen molar-refractivity contribution in [2.75, 3.05) is 5.33 Å². The molecule has 58 valence electrons. The SMILES string of the molecule is C/C(=C\CBr)CCC(=O)O. The van der Waals surface area contributed by atoms with Gasteiger partial charge in [0.15, 0.2) is 0 Å². The first-order valence-electron chi connectivity index (χ1n) is 3.10. The van der Waals surface area contributed by atoms with E-state index in [-0.39, 0.29) is 6.42 Å². The Kier molecular flexibility index (Phi) is 5.30. The fourth-order valence-electron chi connectivity index (χ4n) is 0.538. The summed E-state index contributed by atoms with van der Waals surface area (Å²) in [5.41, 5.74) is 1.12. The first kappa shape index (κ1) is 9.69. The molecule has 2 nitrogen and oxygen atoms in total. The van der Waals surface area contributed by atoms with E-state index < -0.39 is 5.97 Å². The standard InChI is InChI=1S/C7H11BrO2/c1-6(4-5-8)2-3-7(9)10/h4H,2-3,5H2,1H3,(H,9,10)/b6-4+. The topological polar surface area (TPSA) is 37.3 Å². The molecular formula is C7H11BrO2. The minimum Gasteiger partial charge on any atom is -0.481 e. The van der Waals surface area contributed by atoms with E-state index >= 15 is 0 Å². The summed E-state index contributed by atoms with van der Waals surface area (Å²) in [7, 11) is 0. The maximum absolute atomic E-state index is 10.1. The minimum absolute atomic E-state index is 0.231. The van der Waals surface area contributed by atoms with E-state index in [2.05, 4.69) is 15.9 Å². The van der Waals surface area contributed by atoms with Gasteiger partial charge in [-0.05, 0) is 13.3 Å². The number of hydrogen-bond acceptors (Lipinski definition) is 1. The number of aliphatic carboxylic acids is 1. The van der Waals surface area contributed by atoms with E-state index in [1.165, 1.54) is 0 Å². The largest absolute Gasteiger partial charge is 0.481 e. The first-order chi connectivity index (χ1) is 4.66. The van der Waals surface area contributed by atoms with Gasteiger partial charge >= 0.3 is 5.97 Å². The zero-order valence-corrected chi connectivity index (χ0v) is 7.52. The van der Waals surface area contributed by atoms with Gasteiger partial charge < -0.3 is 5.11 Å². The highest BCUT2D eigenvalue weighted by Gasteiger charge is 1.95. The molecule has 0 aromatic carbocycles. The van der Waals surface area contributed by atoms with Gasteiger partial charge in [-0.2, -0.15) is 0 Å². The van der Waals surface area contributed by atoms with Crippen LogP contribution in [0.15, 0.2) is 11.6 Å². The highest BCUT2D eigenvalue weighted by atomic mass is 79.9. The van der Waals surface area contributed by atoms with E-state index in [4.69, 9.17) is 5.11 Å². The van der Waals surface area contributed by atoms with Crippen molar-refractivity contribution in [2.24, 2.45) is 0 Å². The monoisotopic (exact) mass is 206 g/mol. The Morgan fingerprint density at radius 2 is 2.20 bits per heavy atom. The number of allylic oxidation sites excluding steroid dienone is 2. The van der Waals surface area contributed by atoms with Crippen LogP contribution in [0.3, 0.4) is 0 Å². The summed E-state index contributed by atoms with van der Waals surface area (Å²) in [5, 5.41) is 9.10. The van der Waals surface area contributed by atoms with Crippen LogP contribution in [-0.2, 0) is 4.79 Å². The average Bonchev–Trinajstić information content (AvgIpc) is 1.85. The van der Waals surface area contributed by atoms with E-state index in [1.54, 1.807) is 0 Å². The second kappa shape index (κ2) is 5.47. The molecule has 10 heavy (non-hydrogen) atoms. The molecule has 0 amide bonds. The summed E-state index contributed by atoms with van der Waals surface area (Å²) in [4.78, 5) is 10.1. The van der Waals surface area contributed by atoms with Crippen LogP contribution in [-0.4, -0.2) is 16.4 Å². The van der Waals surface area contributed by atoms with Crippen molar-refractivity contribution < 1.29 is 9.90 Å². The van der Waals surface area contributed by atoms with Crippen molar-refractivity contribution in [3.63, 3.8) is 0 Å². The van der Waals surface area contributed by atoms with Crippen LogP contribution in [0.5, 0.6) is 0 Å². The van der Waals surface area contributed by atoms with Crippen LogP contribution in [0.1, 0.15) is 19.8 Å². The molecule has 0 spiro atoms. The van der Waals surface area contributed by atoms with Crippen molar-refractivity contribution >= 4 is 21.9 Å². The molecule has 0 bridgehead atoms. The van der Waals surface area contributed by atoms with Gasteiger partial charge in [0.1, 0.15) is 0 Å². The maximum atomic E-state index is 10.1. The minimum atomic E-state index is -0.734. The third-order valence-corrected chi connectivity index (χ3v) is 1.48. The Bertz CT molecular complexity index is 141. The lowest BCUT2D eigenvalue weighted by Crippen LogP contribution is -1.94. The van der Waals surface area contributed by atoms with Crippen LogP contribution in [0.4, 0.5) is 0 Å². The summed E-state index contributed by atoms with van der Waals surface area (Å²) in [6, 6.07) is 0. The van der Waals surface area contributed by atoms with Crippen LogP contribution in [0.2, 0.25) is 0 Å². The summed E-state index contributed by atoms with van der Waals surface area (Å²) >= 11 is 3.23. The fourth-order valence-corrected chi connectivity index (χ4v) is 1.09. The molecule has 0 aliphatic rings. The summed E-state index contributed by atoms with van der Waals surface area (Å²) in [6.45, 7) is 1.93. The van der Waals surface area contributed by atoms with Gasteiger partial charge in [-0.25, -0.2) is 0 Å². The highest BCUT2D eigenvalue weighted by molar-refractivity contribution is 9.09. The van der Waals surface area contributed by atoms with Crippen LogP contribution >= 0.6 is 15.9 Å². The van der Waals surface area contributed by atoms with Gasteiger partial charge in [-0.3, -0.25) is 4.79 Å². The normalized spacial score (nSPS) is 11.6. The number of halogens is 1. The summed E-state index contributed by atoms with van der Waals surface area (Å²) < 4.78 is 0. The van der Waals surface area contributed by atoms with Crippen LogP contribution in [0, 0.1) is 0 Å². The molecule has 0 saturated carbocycles. The highest BCUT2D eigenvalue weighted by Crippen LogP contribution is 2.03. The third kappa shape index (κ3) is 5.82. The lowest BCUT2D eigenvalue weighted by molar-refractivity contribution is -0.136.